The second-order valence-corrected chi connectivity index (χ2v) is 8.57. The first-order chi connectivity index (χ1) is 13.7. The number of hydrogen-bond donors (Lipinski definition) is 2. The van der Waals surface area contributed by atoms with Crippen molar-refractivity contribution in [2.24, 2.45) is 5.14 Å². The molecule has 2 aromatic rings. The topological polar surface area (TPSA) is 111 Å². The minimum atomic E-state index is -3.72. The summed E-state index contributed by atoms with van der Waals surface area (Å²) in [6.45, 7) is 2.84. The predicted octanol–water partition coefficient (Wildman–Crippen LogP) is 1.28. The van der Waals surface area contributed by atoms with Crippen LogP contribution in [0, 0.1) is 0 Å². The average molecular weight is 420 g/mol. The molecule has 0 bridgehead atoms. The highest BCUT2D eigenvalue weighted by atomic mass is 32.2. The van der Waals surface area contributed by atoms with Crippen LogP contribution in [0.2, 0.25) is 0 Å². The number of likely N-dealkylation sites (N-methyl/N-ethyl adjacent to an activating group) is 1. The van der Waals surface area contributed by atoms with Gasteiger partial charge in [0.2, 0.25) is 15.9 Å². The molecular weight excluding hydrogens is 394 g/mol. The standard InChI is InChI=1S/C20H25N3O5S/c1-14(15-7-9-17(10-8-15)29(21,25)26)23(2)12-20(24)22-11-16-13-27-18-5-3-4-6-19(18)28-16/h3-10,14,16H,11-13H2,1-2H3,(H,22,24)(H2,21,25,26). The molecule has 2 aromatic carbocycles. The van der Waals surface area contributed by atoms with Gasteiger partial charge in [0.05, 0.1) is 18.0 Å². The molecule has 3 N–H and O–H groups in total. The number of carbonyl (C=O) groups is 1. The lowest BCUT2D eigenvalue weighted by molar-refractivity contribution is -0.122. The third-order valence-corrected chi connectivity index (χ3v) is 5.77. The number of fused-ring (bicyclic) bond motifs is 1. The van der Waals surface area contributed by atoms with Crippen LogP contribution in [0.4, 0.5) is 0 Å². The summed E-state index contributed by atoms with van der Waals surface area (Å²) < 4.78 is 34.2. The summed E-state index contributed by atoms with van der Waals surface area (Å²) in [5, 5.41) is 7.99. The molecule has 156 valence electrons. The lowest BCUT2D eigenvalue weighted by atomic mass is 10.1. The zero-order valence-corrected chi connectivity index (χ0v) is 17.2. The number of para-hydroxylation sites is 2. The van der Waals surface area contributed by atoms with Crippen molar-refractivity contribution in [3.8, 4) is 11.5 Å². The van der Waals surface area contributed by atoms with Gasteiger partial charge in [0.25, 0.3) is 0 Å². The Kier molecular flexibility index (Phi) is 6.41. The normalized spacial score (nSPS) is 17.0. The average Bonchev–Trinajstić information content (AvgIpc) is 2.71. The van der Waals surface area contributed by atoms with Crippen molar-refractivity contribution in [3.63, 3.8) is 0 Å². The molecule has 2 atom stereocenters. The number of ether oxygens (including phenoxy) is 2. The van der Waals surface area contributed by atoms with Crippen molar-refractivity contribution >= 4 is 15.9 Å². The molecule has 0 spiro atoms. The Balaban J connectivity index is 1.49. The summed E-state index contributed by atoms with van der Waals surface area (Å²) in [7, 11) is -1.89. The summed E-state index contributed by atoms with van der Waals surface area (Å²) in [5.74, 6) is 1.24. The van der Waals surface area contributed by atoms with Crippen LogP contribution in [0.15, 0.2) is 53.4 Å². The van der Waals surface area contributed by atoms with Crippen LogP contribution in [0.5, 0.6) is 11.5 Å². The van der Waals surface area contributed by atoms with Gasteiger partial charge in [0.1, 0.15) is 12.7 Å². The van der Waals surface area contributed by atoms with Crippen LogP contribution in [-0.2, 0) is 14.8 Å². The number of hydrogen-bond acceptors (Lipinski definition) is 6. The van der Waals surface area contributed by atoms with Crippen LogP contribution in [-0.4, -0.2) is 52.1 Å². The highest BCUT2D eigenvalue weighted by Crippen LogP contribution is 2.30. The van der Waals surface area contributed by atoms with Gasteiger partial charge in [-0.25, -0.2) is 13.6 Å². The molecule has 0 fully saturated rings. The van der Waals surface area contributed by atoms with E-state index in [2.05, 4.69) is 5.32 Å². The fourth-order valence-electron chi connectivity index (χ4n) is 3.00. The van der Waals surface area contributed by atoms with E-state index in [1.165, 1.54) is 12.1 Å². The molecule has 9 heteroatoms. The van der Waals surface area contributed by atoms with Gasteiger partial charge >= 0.3 is 0 Å². The Bertz CT molecular complexity index is 962. The number of amides is 1. The van der Waals surface area contributed by atoms with Gasteiger partial charge in [-0.15, -0.1) is 0 Å². The Morgan fingerprint density at radius 3 is 2.52 bits per heavy atom. The van der Waals surface area contributed by atoms with E-state index in [-0.39, 0.29) is 29.5 Å². The number of nitrogens with one attached hydrogen (secondary N) is 1. The summed E-state index contributed by atoms with van der Waals surface area (Å²) >= 11 is 0. The summed E-state index contributed by atoms with van der Waals surface area (Å²) in [4.78, 5) is 14.2. The molecule has 3 rings (SSSR count). The predicted molar refractivity (Wildman–Crippen MR) is 108 cm³/mol. The van der Waals surface area contributed by atoms with Gasteiger partial charge in [-0.3, -0.25) is 9.69 Å². The molecule has 1 amide bonds. The van der Waals surface area contributed by atoms with Crippen LogP contribution < -0.4 is 19.9 Å². The third-order valence-electron chi connectivity index (χ3n) is 4.84. The van der Waals surface area contributed by atoms with Gasteiger partial charge in [-0.1, -0.05) is 24.3 Å². The van der Waals surface area contributed by atoms with Crippen molar-refractivity contribution in [1.29, 1.82) is 0 Å². The number of primary sulfonamides is 1. The second kappa shape index (κ2) is 8.81. The Labute approximate surface area is 170 Å². The number of nitrogens with zero attached hydrogens (tertiary/aromatic N) is 1. The van der Waals surface area contributed by atoms with Crippen molar-refractivity contribution in [3.05, 3.63) is 54.1 Å². The first-order valence-electron chi connectivity index (χ1n) is 9.22. The second-order valence-electron chi connectivity index (χ2n) is 7.01. The fraction of sp³-hybridized carbons (Fsp3) is 0.350. The maximum atomic E-state index is 12.3. The first kappa shape index (κ1) is 21.1. The fourth-order valence-corrected chi connectivity index (χ4v) is 3.52. The van der Waals surface area contributed by atoms with Crippen LogP contribution in [0.25, 0.3) is 0 Å². The van der Waals surface area contributed by atoms with E-state index in [0.29, 0.717) is 24.7 Å². The molecule has 0 saturated heterocycles. The van der Waals surface area contributed by atoms with Gasteiger partial charge < -0.3 is 14.8 Å². The quantitative estimate of drug-likeness (QED) is 0.700. The SMILES string of the molecule is CC(c1ccc(S(N)(=O)=O)cc1)N(C)CC(=O)NCC1COc2ccccc2O1. The van der Waals surface area contributed by atoms with Gasteiger partial charge in [0, 0.05) is 6.04 Å². The van der Waals surface area contributed by atoms with Crippen LogP contribution in [0.3, 0.4) is 0 Å². The van der Waals surface area contributed by atoms with Gasteiger partial charge in [0.15, 0.2) is 11.5 Å². The van der Waals surface area contributed by atoms with Crippen molar-refractivity contribution in [2.75, 3.05) is 26.7 Å². The molecule has 29 heavy (non-hydrogen) atoms. The van der Waals surface area contributed by atoms with E-state index in [4.69, 9.17) is 14.6 Å². The number of benzene rings is 2. The zero-order chi connectivity index (χ0) is 21.0. The van der Waals surface area contributed by atoms with E-state index >= 15 is 0 Å². The molecule has 1 aliphatic rings. The highest BCUT2D eigenvalue weighted by molar-refractivity contribution is 7.89. The van der Waals surface area contributed by atoms with Crippen molar-refractivity contribution < 1.29 is 22.7 Å². The molecule has 2 unspecified atom stereocenters. The molecule has 0 aliphatic carbocycles. The highest BCUT2D eigenvalue weighted by Gasteiger charge is 2.22. The monoisotopic (exact) mass is 419 g/mol. The molecule has 1 heterocycles. The molecule has 0 saturated carbocycles. The minimum absolute atomic E-state index is 0.0603. The lowest BCUT2D eigenvalue weighted by Gasteiger charge is -2.27. The maximum absolute atomic E-state index is 12.3. The smallest absolute Gasteiger partial charge is 0.238 e. The zero-order valence-electron chi connectivity index (χ0n) is 16.4. The summed E-state index contributed by atoms with van der Waals surface area (Å²) in [6.07, 6.45) is -0.248. The molecule has 0 aromatic heterocycles. The number of carbonyl (C=O) groups excluding carboxylic acids is 1. The summed E-state index contributed by atoms with van der Waals surface area (Å²) in [6, 6.07) is 13.7. The largest absolute Gasteiger partial charge is 0.486 e. The van der Waals surface area contributed by atoms with Crippen LogP contribution >= 0.6 is 0 Å². The molecule has 8 nitrogen and oxygen atoms in total. The van der Waals surface area contributed by atoms with Crippen molar-refractivity contribution in [1.82, 2.24) is 10.2 Å². The Hall–Kier alpha value is -2.62. The summed E-state index contributed by atoms with van der Waals surface area (Å²) in [5.41, 5.74) is 0.883. The molecular formula is C20H25N3O5S. The van der Waals surface area contributed by atoms with Crippen LogP contribution in [0.1, 0.15) is 18.5 Å². The lowest BCUT2D eigenvalue weighted by Crippen LogP contribution is -2.44. The van der Waals surface area contributed by atoms with Gasteiger partial charge in [-0.05, 0) is 43.8 Å². The maximum Gasteiger partial charge on any atom is 0.238 e. The van der Waals surface area contributed by atoms with Gasteiger partial charge in [-0.2, -0.15) is 0 Å². The van der Waals surface area contributed by atoms with E-state index in [9.17, 15) is 13.2 Å². The van der Waals surface area contributed by atoms with E-state index in [0.717, 1.165) is 5.56 Å². The van der Waals surface area contributed by atoms with E-state index in [1.54, 1.807) is 12.1 Å². The first-order valence-corrected chi connectivity index (χ1v) is 10.8. The van der Waals surface area contributed by atoms with E-state index < -0.39 is 10.0 Å². The minimum Gasteiger partial charge on any atom is -0.486 e. The Morgan fingerprint density at radius 2 is 1.86 bits per heavy atom. The number of nitrogens with two attached hydrogens (primary N) is 1. The number of rotatable bonds is 7. The molecule has 1 aliphatic heterocycles. The van der Waals surface area contributed by atoms with Crippen molar-refractivity contribution in [2.45, 2.75) is 24.0 Å². The molecule has 0 radical (unpaired) electrons. The van der Waals surface area contributed by atoms with E-state index in [1.807, 2.05) is 43.1 Å². The third kappa shape index (κ3) is 5.47. The Morgan fingerprint density at radius 1 is 1.21 bits per heavy atom. The number of sulfonamides is 1.